The molecule has 0 radical (unpaired) electrons. The van der Waals surface area contributed by atoms with Crippen LogP contribution in [0.25, 0.3) is 6.08 Å². The fourth-order valence-electron chi connectivity index (χ4n) is 1.72. The Hall–Kier alpha value is -1.68. The third kappa shape index (κ3) is 3.81. The molecule has 0 bridgehead atoms. The molecule has 1 aromatic carbocycles. The van der Waals surface area contributed by atoms with Crippen LogP contribution in [0.3, 0.4) is 0 Å². The number of thiocarbonyl (C=S) groups is 1. The van der Waals surface area contributed by atoms with Crippen LogP contribution < -0.4 is 0 Å². The average molecular weight is 393 g/mol. The maximum atomic E-state index is 12.1. The Kier molecular flexibility index (Phi) is 5.25. The molecule has 7 nitrogen and oxygen atoms in total. The molecule has 0 atom stereocenters. The number of nitrogens with zero attached hydrogens (tertiary/aromatic N) is 2. The molecule has 0 unspecified atom stereocenters. The third-order valence-electron chi connectivity index (χ3n) is 2.72. The van der Waals surface area contributed by atoms with E-state index < -0.39 is 23.3 Å². The number of hydrogen-bond acceptors (Lipinski definition) is 6. The summed E-state index contributed by atoms with van der Waals surface area (Å²) in [7, 11) is 0. The van der Waals surface area contributed by atoms with E-state index in [-0.39, 0.29) is 30.5 Å². The van der Waals surface area contributed by atoms with Crippen LogP contribution in [-0.2, 0) is 9.59 Å². The minimum Gasteiger partial charge on any atom is -0.480 e. The van der Waals surface area contributed by atoms with Crippen LogP contribution in [0.2, 0.25) is 10.0 Å². The predicted octanol–water partition coefficient (Wildman–Crippen LogP) is 3.19. The highest BCUT2D eigenvalue weighted by molar-refractivity contribution is 8.26. The van der Waals surface area contributed by atoms with Crippen LogP contribution in [0.5, 0.6) is 0 Å². The van der Waals surface area contributed by atoms with Crippen LogP contribution in [0.4, 0.5) is 5.69 Å². The van der Waals surface area contributed by atoms with Gasteiger partial charge >= 0.3 is 5.97 Å². The number of benzene rings is 1. The molecule has 1 aliphatic heterocycles. The molecule has 23 heavy (non-hydrogen) atoms. The molecule has 1 heterocycles. The van der Waals surface area contributed by atoms with Gasteiger partial charge in [-0.05, 0) is 12.1 Å². The lowest BCUT2D eigenvalue weighted by atomic mass is 10.2. The fraction of sp³-hybridized carbons (Fsp3) is 0.0833. The zero-order valence-corrected chi connectivity index (χ0v) is 14.1. The summed E-state index contributed by atoms with van der Waals surface area (Å²) in [6.07, 6.45) is 1.31. The van der Waals surface area contributed by atoms with E-state index in [1.54, 1.807) is 0 Å². The molecule has 120 valence electrons. The number of hydrogen-bond donors (Lipinski definition) is 1. The van der Waals surface area contributed by atoms with E-state index in [0.717, 1.165) is 22.7 Å². The molecule has 0 saturated carbocycles. The number of nitro benzene ring substituents is 1. The van der Waals surface area contributed by atoms with Gasteiger partial charge in [0.1, 0.15) is 15.9 Å². The Morgan fingerprint density at radius 3 is 2.65 bits per heavy atom. The van der Waals surface area contributed by atoms with Crippen molar-refractivity contribution < 1.29 is 19.6 Å². The number of carbonyl (C=O) groups is 2. The summed E-state index contributed by atoms with van der Waals surface area (Å²) in [6, 6.07) is 2.33. The summed E-state index contributed by atoms with van der Waals surface area (Å²) in [4.78, 5) is 34.1. The predicted molar refractivity (Wildman–Crippen MR) is 90.6 cm³/mol. The highest BCUT2D eigenvalue weighted by Crippen LogP contribution is 2.36. The quantitative estimate of drug-likeness (QED) is 0.363. The number of carboxylic acid groups (broad SMARTS) is 1. The van der Waals surface area contributed by atoms with Crippen molar-refractivity contribution in [1.82, 2.24) is 4.90 Å². The highest BCUT2D eigenvalue weighted by Gasteiger charge is 2.33. The molecule has 1 fully saturated rings. The molecule has 1 amide bonds. The van der Waals surface area contributed by atoms with Crippen molar-refractivity contribution >= 4 is 75.1 Å². The molecular weight excluding hydrogens is 387 g/mol. The van der Waals surface area contributed by atoms with Gasteiger partial charge in [0.15, 0.2) is 0 Å². The van der Waals surface area contributed by atoms with Crippen molar-refractivity contribution in [2.75, 3.05) is 6.54 Å². The smallest absolute Gasteiger partial charge is 0.323 e. The number of carboxylic acids is 1. The second-order valence-corrected chi connectivity index (χ2v) is 6.73. The zero-order valence-electron chi connectivity index (χ0n) is 11.0. The summed E-state index contributed by atoms with van der Waals surface area (Å²) in [5.41, 5.74) is -0.151. The Bertz CT molecular complexity index is 781. The minimum absolute atomic E-state index is 0.0863. The van der Waals surface area contributed by atoms with Crippen LogP contribution >= 0.6 is 47.2 Å². The lowest BCUT2D eigenvalue weighted by Gasteiger charge is -2.10. The second-order valence-electron chi connectivity index (χ2n) is 4.24. The van der Waals surface area contributed by atoms with Gasteiger partial charge in [-0.3, -0.25) is 24.6 Å². The van der Waals surface area contributed by atoms with Crippen molar-refractivity contribution in [3.05, 3.63) is 42.8 Å². The lowest BCUT2D eigenvalue weighted by molar-refractivity contribution is -0.384. The summed E-state index contributed by atoms with van der Waals surface area (Å²) in [5.74, 6) is -1.81. The number of rotatable bonds is 4. The lowest BCUT2D eigenvalue weighted by Crippen LogP contribution is -2.33. The number of carbonyl (C=O) groups excluding carboxylic acids is 1. The Balaban J connectivity index is 2.41. The van der Waals surface area contributed by atoms with Crippen molar-refractivity contribution in [1.29, 1.82) is 0 Å². The normalized spacial score (nSPS) is 16.3. The van der Waals surface area contributed by atoms with E-state index in [9.17, 15) is 19.7 Å². The van der Waals surface area contributed by atoms with E-state index in [1.165, 1.54) is 12.1 Å². The second kappa shape index (κ2) is 6.83. The molecule has 1 aromatic rings. The number of nitro groups is 1. The SMILES string of the molecule is O=C(O)CN1C(=O)C(=Cc2cc([N+](=O)[O-])c(Cl)cc2Cl)SC1=S. The summed E-state index contributed by atoms with van der Waals surface area (Å²) >= 11 is 17.6. The van der Waals surface area contributed by atoms with Gasteiger partial charge in [-0.25, -0.2) is 0 Å². The van der Waals surface area contributed by atoms with E-state index in [0.29, 0.717) is 0 Å². The van der Waals surface area contributed by atoms with Crippen molar-refractivity contribution in [3.63, 3.8) is 0 Å². The topological polar surface area (TPSA) is 101 Å². The van der Waals surface area contributed by atoms with Gasteiger partial charge in [-0.15, -0.1) is 0 Å². The summed E-state index contributed by atoms with van der Waals surface area (Å²) < 4.78 is 0.0863. The molecule has 0 aliphatic carbocycles. The monoisotopic (exact) mass is 392 g/mol. The van der Waals surface area contributed by atoms with Gasteiger partial charge in [0, 0.05) is 16.7 Å². The number of aliphatic carboxylic acids is 1. The zero-order chi connectivity index (χ0) is 17.3. The van der Waals surface area contributed by atoms with Crippen LogP contribution in [0, 0.1) is 10.1 Å². The van der Waals surface area contributed by atoms with Crippen LogP contribution in [0.1, 0.15) is 5.56 Å². The summed E-state index contributed by atoms with van der Waals surface area (Å²) in [6.45, 7) is -0.559. The van der Waals surface area contributed by atoms with Gasteiger partial charge in [0.2, 0.25) is 0 Å². The number of thioether (sulfide) groups is 1. The first-order valence-corrected chi connectivity index (χ1v) is 7.79. The standard InChI is InChI=1S/C12H6Cl2N2O5S2/c13-6-3-7(14)8(16(20)21)1-5(6)2-9-11(19)15(4-10(17)18)12(22)23-9/h1-3H,4H2,(H,17,18). The molecule has 11 heteroatoms. The van der Waals surface area contributed by atoms with Gasteiger partial charge < -0.3 is 5.11 Å². The van der Waals surface area contributed by atoms with Gasteiger partial charge in [-0.1, -0.05) is 47.2 Å². The fourth-order valence-corrected chi connectivity index (χ4v) is 3.47. The van der Waals surface area contributed by atoms with Gasteiger partial charge in [0.25, 0.3) is 11.6 Å². The molecule has 1 saturated heterocycles. The van der Waals surface area contributed by atoms with Crippen molar-refractivity contribution in [2.45, 2.75) is 0 Å². The van der Waals surface area contributed by atoms with E-state index in [1.807, 2.05) is 0 Å². The number of amides is 1. The van der Waals surface area contributed by atoms with E-state index in [4.69, 9.17) is 40.5 Å². The Morgan fingerprint density at radius 1 is 1.43 bits per heavy atom. The molecule has 2 rings (SSSR count). The maximum Gasteiger partial charge on any atom is 0.323 e. The van der Waals surface area contributed by atoms with Crippen LogP contribution in [-0.4, -0.2) is 37.7 Å². The molecular formula is C12H6Cl2N2O5S2. The molecule has 0 spiro atoms. The average Bonchev–Trinajstić information content (AvgIpc) is 2.68. The minimum atomic E-state index is -1.21. The third-order valence-corrected chi connectivity index (χ3v) is 4.72. The largest absolute Gasteiger partial charge is 0.480 e. The first kappa shape index (κ1) is 17.7. The first-order valence-electron chi connectivity index (χ1n) is 5.81. The summed E-state index contributed by atoms with van der Waals surface area (Å²) in [5, 5.41) is 19.7. The maximum absolute atomic E-state index is 12.1. The molecule has 0 aromatic heterocycles. The van der Waals surface area contributed by atoms with E-state index >= 15 is 0 Å². The molecule has 1 N–H and O–H groups in total. The van der Waals surface area contributed by atoms with E-state index in [2.05, 4.69) is 0 Å². The highest BCUT2D eigenvalue weighted by atomic mass is 35.5. The van der Waals surface area contributed by atoms with Gasteiger partial charge in [-0.2, -0.15) is 0 Å². The van der Waals surface area contributed by atoms with Crippen molar-refractivity contribution in [3.8, 4) is 0 Å². The first-order chi connectivity index (χ1) is 10.7. The Labute approximate surface area is 149 Å². The Morgan fingerprint density at radius 2 is 2.09 bits per heavy atom. The van der Waals surface area contributed by atoms with Crippen molar-refractivity contribution in [2.24, 2.45) is 0 Å². The number of halogens is 2. The van der Waals surface area contributed by atoms with Gasteiger partial charge in [0.05, 0.1) is 9.83 Å². The molecule has 1 aliphatic rings. The van der Waals surface area contributed by atoms with Crippen LogP contribution in [0.15, 0.2) is 17.0 Å².